The summed E-state index contributed by atoms with van der Waals surface area (Å²) in [4.78, 5) is 5.76. The van der Waals surface area contributed by atoms with Crippen LogP contribution in [0.5, 0.6) is 0 Å². The number of thiazole rings is 1. The Kier molecular flexibility index (Phi) is 2.15. The lowest BCUT2D eigenvalue weighted by molar-refractivity contribution is 0.787. The molecular formula is C9H14N2S. The Morgan fingerprint density at radius 2 is 2.50 bits per heavy atom. The lowest BCUT2D eigenvalue weighted by atomic mass is 10.2. The highest BCUT2D eigenvalue weighted by molar-refractivity contribution is 7.11. The molecule has 0 amide bonds. The maximum atomic E-state index is 5.58. The lowest BCUT2D eigenvalue weighted by Crippen LogP contribution is -2.07. The third kappa shape index (κ3) is 1.52. The van der Waals surface area contributed by atoms with Crippen molar-refractivity contribution in [1.29, 1.82) is 0 Å². The molecule has 66 valence electrons. The SMILES string of the molecule is CC(CN)c1cnc(C2CC2)s1. The van der Waals surface area contributed by atoms with E-state index in [1.54, 1.807) is 0 Å². The molecule has 12 heavy (non-hydrogen) atoms. The molecule has 0 aromatic carbocycles. The maximum absolute atomic E-state index is 5.58. The van der Waals surface area contributed by atoms with Crippen molar-refractivity contribution in [2.45, 2.75) is 31.6 Å². The van der Waals surface area contributed by atoms with Gasteiger partial charge in [-0.15, -0.1) is 11.3 Å². The van der Waals surface area contributed by atoms with E-state index in [-0.39, 0.29) is 0 Å². The van der Waals surface area contributed by atoms with Crippen LogP contribution in [-0.2, 0) is 0 Å². The van der Waals surface area contributed by atoms with Crippen LogP contribution in [0.2, 0.25) is 0 Å². The quantitative estimate of drug-likeness (QED) is 0.777. The number of rotatable bonds is 3. The smallest absolute Gasteiger partial charge is 0.0958 e. The van der Waals surface area contributed by atoms with Crippen molar-refractivity contribution in [3.63, 3.8) is 0 Å². The Bertz CT molecular complexity index is 265. The summed E-state index contributed by atoms with van der Waals surface area (Å²) in [7, 11) is 0. The zero-order chi connectivity index (χ0) is 8.55. The molecule has 1 aromatic rings. The third-order valence-electron chi connectivity index (χ3n) is 2.31. The average molecular weight is 182 g/mol. The summed E-state index contributed by atoms with van der Waals surface area (Å²) in [5, 5.41) is 1.32. The number of aromatic nitrogens is 1. The first-order valence-electron chi connectivity index (χ1n) is 4.47. The normalized spacial score (nSPS) is 19.5. The fourth-order valence-corrected chi connectivity index (χ4v) is 2.32. The summed E-state index contributed by atoms with van der Waals surface area (Å²) in [5.74, 6) is 1.27. The Labute approximate surface area is 76.8 Å². The van der Waals surface area contributed by atoms with Crippen molar-refractivity contribution >= 4 is 11.3 Å². The summed E-state index contributed by atoms with van der Waals surface area (Å²) < 4.78 is 0. The standard InChI is InChI=1S/C9H14N2S/c1-6(4-10)8-5-11-9(12-8)7-2-3-7/h5-7H,2-4,10H2,1H3. The zero-order valence-corrected chi connectivity index (χ0v) is 8.10. The Hall–Kier alpha value is -0.410. The van der Waals surface area contributed by atoms with E-state index in [9.17, 15) is 0 Å². The highest BCUT2D eigenvalue weighted by atomic mass is 32.1. The van der Waals surface area contributed by atoms with Crippen molar-refractivity contribution < 1.29 is 0 Å². The molecule has 0 aliphatic heterocycles. The summed E-state index contributed by atoms with van der Waals surface area (Å²) >= 11 is 1.85. The molecular weight excluding hydrogens is 168 g/mol. The fraction of sp³-hybridized carbons (Fsp3) is 0.667. The fourth-order valence-electron chi connectivity index (χ4n) is 1.16. The van der Waals surface area contributed by atoms with E-state index in [1.807, 2.05) is 17.5 Å². The summed E-state index contributed by atoms with van der Waals surface area (Å²) in [6.45, 7) is 2.89. The summed E-state index contributed by atoms with van der Waals surface area (Å²) in [5.41, 5.74) is 5.58. The van der Waals surface area contributed by atoms with Crippen LogP contribution in [0, 0.1) is 0 Å². The zero-order valence-electron chi connectivity index (χ0n) is 7.29. The number of hydrogen-bond donors (Lipinski definition) is 1. The molecule has 1 heterocycles. The molecule has 2 rings (SSSR count). The van der Waals surface area contributed by atoms with Crippen molar-refractivity contribution in [3.05, 3.63) is 16.1 Å². The van der Waals surface area contributed by atoms with E-state index >= 15 is 0 Å². The minimum absolute atomic E-state index is 0.481. The molecule has 2 N–H and O–H groups in total. The molecule has 2 nitrogen and oxygen atoms in total. The van der Waals surface area contributed by atoms with Gasteiger partial charge < -0.3 is 5.73 Å². The predicted molar refractivity (Wildman–Crippen MR) is 51.6 cm³/mol. The number of nitrogens with zero attached hydrogens (tertiary/aromatic N) is 1. The van der Waals surface area contributed by atoms with Gasteiger partial charge in [0.05, 0.1) is 5.01 Å². The molecule has 1 fully saturated rings. The van der Waals surface area contributed by atoms with Crippen molar-refractivity contribution in [2.75, 3.05) is 6.54 Å². The van der Waals surface area contributed by atoms with E-state index < -0.39 is 0 Å². The van der Waals surface area contributed by atoms with Crippen LogP contribution >= 0.6 is 11.3 Å². The van der Waals surface area contributed by atoms with Crippen LogP contribution in [-0.4, -0.2) is 11.5 Å². The van der Waals surface area contributed by atoms with Crippen molar-refractivity contribution in [2.24, 2.45) is 5.73 Å². The first-order valence-corrected chi connectivity index (χ1v) is 5.28. The maximum Gasteiger partial charge on any atom is 0.0958 e. The van der Waals surface area contributed by atoms with Gasteiger partial charge in [0.2, 0.25) is 0 Å². The molecule has 1 aliphatic carbocycles. The number of nitrogens with two attached hydrogens (primary N) is 1. The highest BCUT2D eigenvalue weighted by Gasteiger charge is 2.26. The van der Waals surface area contributed by atoms with Gasteiger partial charge in [-0.3, -0.25) is 0 Å². The van der Waals surface area contributed by atoms with Crippen LogP contribution in [0.15, 0.2) is 6.20 Å². The van der Waals surface area contributed by atoms with E-state index in [1.165, 1.54) is 22.7 Å². The largest absolute Gasteiger partial charge is 0.330 e. The molecule has 0 saturated heterocycles. The van der Waals surface area contributed by atoms with Crippen LogP contribution in [0.25, 0.3) is 0 Å². The van der Waals surface area contributed by atoms with Gasteiger partial charge in [0.15, 0.2) is 0 Å². The first kappa shape index (κ1) is 8.20. The van der Waals surface area contributed by atoms with Crippen LogP contribution in [0.1, 0.15) is 41.5 Å². The Balaban J connectivity index is 2.12. The van der Waals surface area contributed by atoms with Gasteiger partial charge in [0.25, 0.3) is 0 Å². The van der Waals surface area contributed by atoms with Crippen molar-refractivity contribution in [1.82, 2.24) is 4.98 Å². The molecule has 0 bridgehead atoms. The Morgan fingerprint density at radius 3 is 3.08 bits per heavy atom. The molecule has 1 saturated carbocycles. The van der Waals surface area contributed by atoms with Crippen LogP contribution < -0.4 is 5.73 Å². The second kappa shape index (κ2) is 3.15. The molecule has 1 unspecified atom stereocenters. The van der Waals surface area contributed by atoms with Crippen molar-refractivity contribution in [3.8, 4) is 0 Å². The lowest BCUT2D eigenvalue weighted by Gasteiger charge is -2.01. The van der Waals surface area contributed by atoms with Crippen LogP contribution in [0.4, 0.5) is 0 Å². The molecule has 1 atom stereocenters. The highest BCUT2D eigenvalue weighted by Crippen LogP contribution is 2.42. The summed E-state index contributed by atoms with van der Waals surface area (Å²) in [6, 6.07) is 0. The van der Waals surface area contributed by atoms with Gasteiger partial charge in [-0.2, -0.15) is 0 Å². The van der Waals surface area contributed by atoms with E-state index in [0.29, 0.717) is 5.92 Å². The van der Waals surface area contributed by atoms with Gasteiger partial charge in [0, 0.05) is 22.9 Å². The molecule has 1 aliphatic rings. The third-order valence-corrected chi connectivity index (χ3v) is 3.70. The minimum atomic E-state index is 0.481. The monoisotopic (exact) mass is 182 g/mol. The number of hydrogen-bond acceptors (Lipinski definition) is 3. The topological polar surface area (TPSA) is 38.9 Å². The molecule has 0 spiro atoms. The van der Waals surface area contributed by atoms with Gasteiger partial charge in [-0.05, 0) is 19.4 Å². The molecule has 3 heteroatoms. The van der Waals surface area contributed by atoms with Crippen LogP contribution in [0.3, 0.4) is 0 Å². The summed E-state index contributed by atoms with van der Waals surface area (Å²) in [6.07, 6.45) is 4.67. The molecule has 0 radical (unpaired) electrons. The second-order valence-electron chi connectivity index (χ2n) is 3.51. The van der Waals surface area contributed by atoms with E-state index in [2.05, 4.69) is 11.9 Å². The predicted octanol–water partition coefficient (Wildman–Crippen LogP) is 2.08. The van der Waals surface area contributed by atoms with E-state index in [4.69, 9.17) is 5.73 Å². The van der Waals surface area contributed by atoms with Gasteiger partial charge >= 0.3 is 0 Å². The average Bonchev–Trinajstić information content (AvgIpc) is 2.83. The van der Waals surface area contributed by atoms with Gasteiger partial charge in [-0.1, -0.05) is 6.92 Å². The minimum Gasteiger partial charge on any atom is -0.330 e. The molecule has 1 aromatic heterocycles. The Morgan fingerprint density at radius 1 is 1.75 bits per heavy atom. The second-order valence-corrected chi connectivity index (χ2v) is 4.61. The van der Waals surface area contributed by atoms with Gasteiger partial charge in [0.1, 0.15) is 0 Å². The van der Waals surface area contributed by atoms with E-state index in [0.717, 1.165) is 12.5 Å². The first-order chi connectivity index (χ1) is 5.81. The van der Waals surface area contributed by atoms with Gasteiger partial charge in [-0.25, -0.2) is 4.98 Å².